The predicted molar refractivity (Wildman–Crippen MR) is 125 cm³/mol. The van der Waals surface area contributed by atoms with Gasteiger partial charge >= 0.3 is 6.16 Å². The van der Waals surface area contributed by atoms with E-state index in [1.54, 1.807) is 50.4 Å². The van der Waals surface area contributed by atoms with Crippen molar-refractivity contribution < 1.29 is 19.0 Å². The summed E-state index contributed by atoms with van der Waals surface area (Å²) in [5.74, 6) is 1.05. The standard InChI is InChI=1S/C23H22ClN5O4/c1-15(2)33-23(30)32-14-31-19-11-4-3-8-16(19)22(27-20-12-5-6-13-26-20)17-9-7-10-18(21(17)24)28-29-25/h3-13,15,22H,14H2,1-2H3,(H,26,27). The molecule has 170 valence electrons. The third-order valence-corrected chi connectivity index (χ3v) is 4.79. The zero-order chi connectivity index (χ0) is 23.6. The Bertz CT molecular complexity index is 1140. The molecule has 0 aliphatic heterocycles. The maximum atomic E-state index is 11.7. The van der Waals surface area contributed by atoms with Crippen LogP contribution in [0.15, 0.2) is 72.0 Å². The van der Waals surface area contributed by atoms with Crippen LogP contribution in [0.2, 0.25) is 5.02 Å². The average Bonchev–Trinajstić information content (AvgIpc) is 2.80. The van der Waals surface area contributed by atoms with Gasteiger partial charge in [0.1, 0.15) is 11.6 Å². The first-order valence-electron chi connectivity index (χ1n) is 10.1. The van der Waals surface area contributed by atoms with Crippen LogP contribution in [0.4, 0.5) is 16.3 Å². The lowest BCUT2D eigenvalue weighted by atomic mass is 9.97. The Morgan fingerprint density at radius 3 is 2.61 bits per heavy atom. The van der Waals surface area contributed by atoms with Gasteiger partial charge in [0.15, 0.2) is 0 Å². The summed E-state index contributed by atoms with van der Waals surface area (Å²) < 4.78 is 15.7. The average molecular weight is 468 g/mol. The van der Waals surface area contributed by atoms with Crippen LogP contribution in [0.25, 0.3) is 10.4 Å². The van der Waals surface area contributed by atoms with Crippen molar-refractivity contribution in [2.75, 3.05) is 12.1 Å². The quantitative estimate of drug-likeness (QED) is 0.122. The van der Waals surface area contributed by atoms with Gasteiger partial charge in [0.05, 0.1) is 22.9 Å². The number of halogens is 1. The van der Waals surface area contributed by atoms with Gasteiger partial charge in [0, 0.05) is 16.7 Å². The van der Waals surface area contributed by atoms with Gasteiger partial charge in [-0.25, -0.2) is 9.78 Å². The molecule has 0 saturated carbocycles. The molecule has 9 nitrogen and oxygen atoms in total. The van der Waals surface area contributed by atoms with Gasteiger partial charge in [-0.05, 0) is 43.1 Å². The van der Waals surface area contributed by atoms with Gasteiger partial charge in [-0.2, -0.15) is 0 Å². The number of carbonyl (C=O) groups is 1. The molecular formula is C23H22ClN5O4. The Kier molecular flexibility index (Phi) is 8.35. The van der Waals surface area contributed by atoms with Crippen LogP contribution in [0.1, 0.15) is 31.0 Å². The highest BCUT2D eigenvalue weighted by atomic mass is 35.5. The van der Waals surface area contributed by atoms with E-state index in [9.17, 15) is 4.79 Å². The minimum Gasteiger partial charge on any atom is -0.457 e. The van der Waals surface area contributed by atoms with Crippen molar-refractivity contribution in [3.05, 3.63) is 93.5 Å². The number of para-hydroxylation sites is 1. The largest absolute Gasteiger partial charge is 0.511 e. The molecule has 10 heteroatoms. The summed E-state index contributed by atoms with van der Waals surface area (Å²) in [6, 6.07) is 17.3. The fraction of sp³-hybridized carbons (Fsp3) is 0.217. The second-order valence-electron chi connectivity index (χ2n) is 7.02. The Hall–Kier alpha value is -3.94. The van der Waals surface area contributed by atoms with E-state index in [0.717, 1.165) is 0 Å². The highest BCUT2D eigenvalue weighted by Gasteiger charge is 2.22. The second-order valence-corrected chi connectivity index (χ2v) is 7.40. The van der Waals surface area contributed by atoms with Crippen LogP contribution >= 0.6 is 11.6 Å². The molecule has 0 fully saturated rings. The minimum absolute atomic E-state index is 0.287. The zero-order valence-electron chi connectivity index (χ0n) is 18.0. The van der Waals surface area contributed by atoms with Crippen molar-refractivity contribution in [2.45, 2.75) is 26.0 Å². The maximum absolute atomic E-state index is 11.7. The normalized spacial score (nSPS) is 11.3. The van der Waals surface area contributed by atoms with E-state index in [4.69, 9.17) is 31.3 Å². The minimum atomic E-state index is -0.823. The molecular weight excluding hydrogens is 446 g/mol. The molecule has 3 aromatic rings. The monoisotopic (exact) mass is 467 g/mol. The molecule has 1 atom stereocenters. The molecule has 0 saturated heterocycles. The number of hydrogen-bond acceptors (Lipinski definition) is 7. The van der Waals surface area contributed by atoms with Gasteiger partial charge in [-0.1, -0.05) is 59.2 Å². The van der Waals surface area contributed by atoms with Gasteiger partial charge in [0.2, 0.25) is 6.79 Å². The molecule has 1 N–H and O–H groups in total. The molecule has 0 bridgehead atoms. The molecule has 0 aliphatic carbocycles. The van der Waals surface area contributed by atoms with Crippen LogP contribution in [-0.2, 0) is 9.47 Å². The summed E-state index contributed by atoms with van der Waals surface area (Å²) in [4.78, 5) is 18.8. The number of aromatic nitrogens is 1. The number of hydrogen-bond donors (Lipinski definition) is 1. The zero-order valence-corrected chi connectivity index (χ0v) is 18.8. The lowest BCUT2D eigenvalue weighted by Crippen LogP contribution is -2.18. The van der Waals surface area contributed by atoms with Gasteiger partial charge in [-0.15, -0.1) is 0 Å². The van der Waals surface area contributed by atoms with Gasteiger partial charge < -0.3 is 19.5 Å². The van der Waals surface area contributed by atoms with Crippen molar-refractivity contribution in [1.82, 2.24) is 4.98 Å². The van der Waals surface area contributed by atoms with E-state index < -0.39 is 12.2 Å². The fourth-order valence-electron chi connectivity index (χ4n) is 3.02. The van der Waals surface area contributed by atoms with Crippen LogP contribution in [-0.4, -0.2) is 24.0 Å². The van der Waals surface area contributed by atoms with E-state index in [1.807, 2.05) is 30.3 Å². The Morgan fingerprint density at radius 1 is 1.12 bits per heavy atom. The summed E-state index contributed by atoms with van der Waals surface area (Å²) in [7, 11) is 0. The van der Waals surface area contributed by atoms with Crippen molar-refractivity contribution in [2.24, 2.45) is 5.11 Å². The maximum Gasteiger partial charge on any atom is 0.511 e. The lowest BCUT2D eigenvalue weighted by molar-refractivity contribution is -0.00845. The first-order valence-corrected chi connectivity index (χ1v) is 10.4. The number of nitrogens with zero attached hydrogens (tertiary/aromatic N) is 4. The second kappa shape index (κ2) is 11.6. The van der Waals surface area contributed by atoms with E-state index in [0.29, 0.717) is 28.4 Å². The smallest absolute Gasteiger partial charge is 0.457 e. The molecule has 3 rings (SSSR count). The highest BCUT2D eigenvalue weighted by Crippen LogP contribution is 2.39. The lowest BCUT2D eigenvalue weighted by Gasteiger charge is -2.24. The Balaban J connectivity index is 1.96. The Labute approximate surface area is 195 Å². The summed E-state index contributed by atoms with van der Waals surface area (Å²) in [5, 5.41) is 7.30. The van der Waals surface area contributed by atoms with Crippen LogP contribution in [0, 0.1) is 0 Å². The van der Waals surface area contributed by atoms with Crippen LogP contribution in [0.3, 0.4) is 0 Å². The third kappa shape index (κ3) is 6.52. The fourth-order valence-corrected chi connectivity index (χ4v) is 3.30. The molecule has 1 aromatic heterocycles. The molecule has 0 amide bonds. The number of ether oxygens (including phenoxy) is 3. The van der Waals surface area contributed by atoms with E-state index in [1.165, 1.54) is 0 Å². The number of benzene rings is 2. The summed E-state index contributed by atoms with van der Waals surface area (Å²) in [6.45, 7) is 3.10. The topological polar surface area (TPSA) is 118 Å². The number of rotatable bonds is 9. The molecule has 2 aromatic carbocycles. The SMILES string of the molecule is CC(C)OC(=O)OCOc1ccccc1C(Nc1ccccn1)c1cccc(N=[N+]=[N-])c1Cl. The summed E-state index contributed by atoms with van der Waals surface area (Å²) in [6.07, 6.45) is 0.534. The number of carbonyl (C=O) groups excluding carboxylic acids is 1. The number of nitrogens with one attached hydrogen (secondary N) is 1. The van der Waals surface area contributed by atoms with Crippen LogP contribution < -0.4 is 10.1 Å². The summed E-state index contributed by atoms with van der Waals surface area (Å²) >= 11 is 6.59. The Morgan fingerprint density at radius 2 is 1.88 bits per heavy atom. The highest BCUT2D eigenvalue weighted by molar-refractivity contribution is 6.33. The van der Waals surface area contributed by atoms with E-state index in [2.05, 4.69) is 20.3 Å². The van der Waals surface area contributed by atoms with Crippen molar-refractivity contribution in [1.29, 1.82) is 0 Å². The number of azide groups is 1. The molecule has 0 radical (unpaired) electrons. The van der Waals surface area contributed by atoms with E-state index in [-0.39, 0.29) is 17.9 Å². The molecule has 1 unspecified atom stereocenters. The molecule has 1 heterocycles. The summed E-state index contributed by atoms with van der Waals surface area (Å²) in [5.41, 5.74) is 10.5. The van der Waals surface area contributed by atoms with Crippen molar-refractivity contribution in [3.8, 4) is 5.75 Å². The first kappa shape index (κ1) is 23.7. The number of anilines is 1. The van der Waals surface area contributed by atoms with Crippen molar-refractivity contribution >= 4 is 29.3 Å². The van der Waals surface area contributed by atoms with Crippen LogP contribution in [0.5, 0.6) is 5.75 Å². The number of pyridine rings is 1. The van der Waals surface area contributed by atoms with E-state index >= 15 is 0 Å². The van der Waals surface area contributed by atoms with Crippen molar-refractivity contribution in [3.63, 3.8) is 0 Å². The molecule has 0 aliphatic rings. The van der Waals surface area contributed by atoms with Gasteiger partial charge in [-0.3, -0.25) is 0 Å². The van der Waals surface area contributed by atoms with Gasteiger partial charge in [0.25, 0.3) is 0 Å². The first-order chi connectivity index (χ1) is 16.0. The predicted octanol–water partition coefficient (Wildman–Crippen LogP) is 6.78. The molecule has 33 heavy (non-hydrogen) atoms. The third-order valence-electron chi connectivity index (χ3n) is 4.38. The molecule has 0 spiro atoms.